The number of imide groups is 1. The standard InChI is InChI=1S/C27H25N3O7S/c1-35-20-11-18(12-21(13-20)36-2)29-24(31)15-37-27(34)16-6-8-19(9-7-16)30-25(32)14-23(26(30)33)38-22-5-3-4-17(28)10-22/h3-13,23H,14-15,28H2,1-2H3,(H,29,31). The number of anilines is 3. The Morgan fingerprint density at radius 1 is 1.00 bits per heavy atom. The van der Waals surface area contributed by atoms with Crippen LogP contribution >= 0.6 is 11.8 Å². The van der Waals surface area contributed by atoms with Gasteiger partial charge >= 0.3 is 5.97 Å². The zero-order chi connectivity index (χ0) is 27.2. The molecule has 1 atom stereocenters. The van der Waals surface area contributed by atoms with Gasteiger partial charge in [0.1, 0.15) is 11.5 Å². The van der Waals surface area contributed by atoms with Crippen LogP contribution in [0.4, 0.5) is 17.1 Å². The van der Waals surface area contributed by atoms with E-state index in [1.165, 1.54) is 50.2 Å². The molecule has 196 valence electrons. The van der Waals surface area contributed by atoms with Crippen molar-refractivity contribution >= 4 is 52.5 Å². The van der Waals surface area contributed by atoms with Crippen molar-refractivity contribution in [1.82, 2.24) is 0 Å². The minimum Gasteiger partial charge on any atom is -0.497 e. The van der Waals surface area contributed by atoms with Crippen molar-refractivity contribution in [2.24, 2.45) is 0 Å². The molecule has 0 radical (unpaired) electrons. The summed E-state index contributed by atoms with van der Waals surface area (Å²) in [6.07, 6.45) is 0.0520. The fourth-order valence-corrected chi connectivity index (χ4v) is 4.88. The number of hydrogen-bond acceptors (Lipinski definition) is 9. The highest BCUT2D eigenvalue weighted by atomic mass is 32.2. The first kappa shape index (κ1) is 26.6. The predicted octanol–water partition coefficient (Wildman–Crippen LogP) is 3.51. The number of carbonyl (C=O) groups excluding carboxylic acids is 4. The molecule has 1 fully saturated rings. The minimum absolute atomic E-state index is 0.0520. The third-order valence-electron chi connectivity index (χ3n) is 5.57. The van der Waals surface area contributed by atoms with E-state index in [4.69, 9.17) is 19.9 Å². The van der Waals surface area contributed by atoms with E-state index in [9.17, 15) is 19.2 Å². The molecule has 1 unspecified atom stereocenters. The molecule has 1 saturated heterocycles. The summed E-state index contributed by atoms with van der Waals surface area (Å²) in [5.74, 6) is -0.990. The average molecular weight is 536 g/mol. The summed E-state index contributed by atoms with van der Waals surface area (Å²) >= 11 is 1.28. The molecule has 10 nitrogen and oxygen atoms in total. The van der Waals surface area contributed by atoms with Gasteiger partial charge in [-0.3, -0.25) is 14.4 Å². The molecule has 38 heavy (non-hydrogen) atoms. The van der Waals surface area contributed by atoms with E-state index < -0.39 is 23.7 Å². The number of amides is 3. The molecule has 0 aliphatic carbocycles. The molecule has 3 amide bonds. The SMILES string of the molecule is COc1cc(NC(=O)COC(=O)c2ccc(N3C(=O)CC(Sc4cccc(N)c4)C3=O)cc2)cc(OC)c1. The summed E-state index contributed by atoms with van der Waals surface area (Å²) in [5, 5.41) is 2.04. The number of nitrogens with two attached hydrogens (primary N) is 1. The summed E-state index contributed by atoms with van der Waals surface area (Å²) in [5.41, 5.74) is 7.30. The van der Waals surface area contributed by atoms with Crippen molar-refractivity contribution in [3.8, 4) is 11.5 Å². The number of ether oxygens (including phenoxy) is 3. The molecule has 1 heterocycles. The molecule has 0 spiro atoms. The molecule has 0 bridgehead atoms. The molecule has 11 heteroatoms. The van der Waals surface area contributed by atoms with E-state index in [1.807, 2.05) is 6.07 Å². The normalized spacial score (nSPS) is 14.8. The van der Waals surface area contributed by atoms with E-state index in [0.29, 0.717) is 28.6 Å². The second-order valence-electron chi connectivity index (χ2n) is 8.22. The van der Waals surface area contributed by atoms with Gasteiger partial charge in [-0.25, -0.2) is 9.69 Å². The molecular formula is C27H25N3O7S. The largest absolute Gasteiger partial charge is 0.497 e. The number of thioether (sulfide) groups is 1. The van der Waals surface area contributed by atoms with Crippen LogP contribution in [0.2, 0.25) is 0 Å². The average Bonchev–Trinajstić information content (AvgIpc) is 3.19. The smallest absolute Gasteiger partial charge is 0.338 e. The molecule has 3 aromatic rings. The van der Waals surface area contributed by atoms with Gasteiger partial charge in [0.05, 0.1) is 30.7 Å². The highest BCUT2D eigenvalue weighted by Gasteiger charge is 2.40. The lowest BCUT2D eigenvalue weighted by atomic mass is 10.2. The summed E-state index contributed by atoms with van der Waals surface area (Å²) in [4.78, 5) is 52.1. The van der Waals surface area contributed by atoms with Crippen LogP contribution in [-0.4, -0.2) is 49.8 Å². The second-order valence-corrected chi connectivity index (χ2v) is 9.50. The Kier molecular flexibility index (Phi) is 8.17. The van der Waals surface area contributed by atoms with E-state index in [2.05, 4.69) is 5.32 Å². The summed E-state index contributed by atoms with van der Waals surface area (Å²) < 4.78 is 15.4. The van der Waals surface area contributed by atoms with Gasteiger partial charge in [-0.1, -0.05) is 6.07 Å². The molecule has 4 rings (SSSR count). The van der Waals surface area contributed by atoms with Crippen molar-refractivity contribution in [2.45, 2.75) is 16.6 Å². The van der Waals surface area contributed by atoms with Gasteiger partial charge in [0.2, 0.25) is 11.8 Å². The van der Waals surface area contributed by atoms with Crippen molar-refractivity contribution in [3.63, 3.8) is 0 Å². The molecule has 1 aliphatic heterocycles. The van der Waals surface area contributed by atoms with Crippen LogP contribution in [0.3, 0.4) is 0 Å². The third kappa shape index (κ3) is 6.24. The van der Waals surface area contributed by atoms with E-state index in [0.717, 1.165) is 9.80 Å². The van der Waals surface area contributed by atoms with Gasteiger partial charge in [-0.05, 0) is 42.5 Å². The quantitative estimate of drug-likeness (QED) is 0.240. The van der Waals surface area contributed by atoms with Crippen molar-refractivity contribution in [3.05, 3.63) is 72.3 Å². The molecule has 0 aromatic heterocycles. The Labute approximate surface area is 223 Å². The Morgan fingerprint density at radius 2 is 1.68 bits per heavy atom. The Bertz CT molecular complexity index is 1360. The Balaban J connectivity index is 1.34. The monoisotopic (exact) mass is 535 g/mol. The highest BCUT2D eigenvalue weighted by molar-refractivity contribution is 8.00. The minimum atomic E-state index is -0.732. The summed E-state index contributed by atoms with van der Waals surface area (Å²) in [7, 11) is 2.98. The number of esters is 1. The van der Waals surface area contributed by atoms with Crippen LogP contribution in [0.25, 0.3) is 0 Å². The zero-order valence-electron chi connectivity index (χ0n) is 20.6. The van der Waals surface area contributed by atoms with Crippen LogP contribution < -0.4 is 25.4 Å². The van der Waals surface area contributed by atoms with Crippen molar-refractivity contribution < 1.29 is 33.4 Å². The molecule has 1 aliphatic rings. The number of methoxy groups -OCH3 is 2. The Hall–Kier alpha value is -4.51. The van der Waals surface area contributed by atoms with Crippen LogP contribution in [-0.2, 0) is 19.1 Å². The maximum Gasteiger partial charge on any atom is 0.338 e. The van der Waals surface area contributed by atoms with Gasteiger partial charge in [-0.15, -0.1) is 11.8 Å². The number of nitrogens with zero attached hydrogens (tertiary/aromatic N) is 1. The topological polar surface area (TPSA) is 137 Å². The van der Waals surface area contributed by atoms with E-state index in [1.54, 1.807) is 36.4 Å². The van der Waals surface area contributed by atoms with Crippen LogP contribution in [0.15, 0.2) is 71.6 Å². The first-order valence-electron chi connectivity index (χ1n) is 11.5. The van der Waals surface area contributed by atoms with E-state index >= 15 is 0 Å². The van der Waals surface area contributed by atoms with Crippen LogP contribution in [0, 0.1) is 0 Å². The molecule has 3 N–H and O–H groups in total. The number of benzene rings is 3. The maximum atomic E-state index is 12.9. The van der Waals surface area contributed by atoms with Crippen LogP contribution in [0.1, 0.15) is 16.8 Å². The van der Waals surface area contributed by atoms with E-state index in [-0.39, 0.29) is 23.8 Å². The molecule has 0 saturated carbocycles. The van der Waals surface area contributed by atoms with Gasteiger partial charge in [-0.2, -0.15) is 0 Å². The fraction of sp³-hybridized carbons (Fsp3) is 0.185. The third-order valence-corrected chi connectivity index (χ3v) is 6.75. The van der Waals surface area contributed by atoms with Gasteiger partial charge in [0.25, 0.3) is 5.91 Å². The van der Waals surface area contributed by atoms with Crippen molar-refractivity contribution in [1.29, 1.82) is 0 Å². The Morgan fingerprint density at radius 3 is 2.32 bits per heavy atom. The number of rotatable bonds is 9. The second kappa shape index (κ2) is 11.7. The lowest BCUT2D eigenvalue weighted by Crippen LogP contribution is -2.31. The lowest BCUT2D eigenvalue weighted by molar-refractivity contribution is -0.121. The van der Waals surface area contributed by atoms with Crippen LogP contribution in [0.5, 0.6) is 11.5 Å². The molecule has 3 aromatic carbocycles. The van der Waals surface area contributed by atoms with Gasteiger partial charge < -0.3 is 25.3 Å². The molecular weight excluding hydrogens is 510 g/mol. The predicted molar refractivity (Wildman–Crippen MR) is 143 cm³/mol. The number of nitrogens with one attached hydrogen (secondary N) is 1. The maximum absolute atomic E-state index is 12.9. The fourth-order valence-electron chi connectivity index (χ4n) is 3.76. The van der Waals surface area contributed by atoms with Gasteiger partial charge in [0.15, 0.2) is 6.61 Å². The van der Waals surface area contributed by atoms with Gasteiger partial charge in [0, 0.05) is 40.9 Å². The highest BCUT2D eigenvalue weighted by Crippen LogP contribution is 2.34. The first-order valence-corrected chi connectivity index (χ1v) is 12.3. The first-order chi connectivity index (χ1) is 18.3. The number of nitrogen functional groups attached to an aromatic ring is 1. The number of carbonyl (C=O) groups is 4. The zero-order valence-corrected chi connectivity index (χ0v) is 21.4. The number of hydrogen-bond donors (Lipinski definition) is 2. The summed E-state index contributed by atoms with van der Waals surface area (Å²) in [6, 6.07) is 17.8. The lowest BCUT2D eigenvalue weighted by Gasteiger charge is -2.15. The summed E-state index contributed by atoms with van der Waals surface area (Å²) in [6.45, 7) is -0.522. The van der Waals surface area contributed by atoms with Crippen molar-refractivity contribution in [2.75, 3.05) is 36.8 Å².